The summed E-state index contributed by atoms with van der Waals surface area (Å²) in [6.45, 7) is 0. The first-order chi connectivity index (χ1) is 18.2. The van der Waals surface area contributed by atoms with Gasteiger partial charge in [-0.3, -0.25) is 9.59 Å². The van der Waals surface area contributed by atoms with E-state index in [9.17, 15) is 22.8 Å². The normalized spacial score (nSPS) is 11.9. The summed E-state index contributed by atoms with van der Waals surface area (Å²) in [5.41, 5.74) is 0.815. The molecule has 4 aromatic carbocycles. The molecule has 2 amide bonds. The quantitative estimate of drug-likeness (QED) is 0.230. The number of methoxy groups -OCH3 is 1. The largest absolute Gasteiger partial charge is 0.497 e. The minimum absolute atomic E-state index is 0.0469. The fourth-order valence-corrected chi connectivity index (χ4v) is 4.72. The summed E-state index contributed by atoms with van der Waals surface area (Å²) in [7, 11) is 1.52. The van der Waals surface area contributed by atoms with Gasteiger partial charge in [0.05, 0.1) is 12.7 Å². The molecule has 38 heavy (non-hydrogen) atoms. The molecule has 1 unspecified atom stereocenters. The summed E-state index contributed by atoms with van der Waals surface area (Å²) in [6.07, 6.45) is -4.52. The molecule has 194 valence electrons. The van der Waals surface area contributed by atoms with Crippen molar-refractivity contribution in [3.05, 3.63) is 120 Å². The van der Waals surface area contributed by atoms with E-state index >= 15 is 0 Å². The second-order valence-corrected chi connectivity index (χ2v) is 9.37. The Labute approximate surface area is 222 Å². The van der Waals surface area contributed by atoms with Gasteiger partial charge in [0.15, 0.2) is 0 Å². The van der Waals surface area contributed by atoms with Crippen molar-refractivity contribution in [1.82, 2.24) is 0 Å². The summed E-state index contributed by atoms with van der Waals surface area (Å²) in [5.74, 6) is -0.251. The SMILES string of the molecule is COc1cccc(C(=O)Nc2cccc(SC(C(=O)Nc3cccc(C(F)(F)F)c3)c3ccccc3)c2)c1. The molecular weight excluding hydrogens is 513 g/mol. The van der Waals surface area contributed by atoms with Crippen molar-refractivity contribution in [1.29, 1.82) is 0 Å². The number of nitrogens with one attached hydrogen (secondary N) is 2. The number of halogens is 3. The highest BCUT2D eigenvalue weighted by molar-refractivity contribution is 8.00. The number of thioether (sulfide) groups is 1. The van der Waals surface area contributed by atoms with Crippen LogP contribution in [0.25, 0.3) is 0 Å². The zero-order valence-corrected chi connectivity index (χ0v) is 21.0. The first-order valence-corrected chi connectivity index (χ1v) is 12.4. The second kappa shape index (κ2) is 11.9. The number of carbonyl (C=O) groups excluding carboxylic acids is 2. The van der Waals surface area contributed by atoms with E-state index in [1.807, 2.05) is 6.07 Å². The molecule has 0 aromatic heterocycles. The maximum Gasteiger partial charge on any atom is 0.416 e. The van der Waals surface area contributed by atoms with Crippen molar-refractivity contribution >= 4 is 35.0 Å². The van der Waals surface area contributed by atoms with Gasteiger partial charge in [-0.25, -0.2) is 0 Å². The van der Waals surface area contributed by atoms with Gasteiger partial charge in [0.2, 0.25) is 5.91 Å². The molecule has 4 aromatic rings. The van der Waals surface area contributed by atoms with Crippen molar-refractivity contribution in [3.63, 3.8) is 0 Å². The molecule has 0 saturated heterocycles. The van der Waals surface area contributed by atoms with Gasteiger partial charge in [-0.2, -0.15) is 13.2 Å². The van der Waals surface area contributed by atoms with E-state index in [1.54, 1.807) is 72.8 Å². The molecule has 0 aliphatic heterocycles. The van der Waals surface area contributed by atoms with Gasteiger partial charge >= 0.3 is 6.18 Å². The molecule has 2 N–H and O–H groups in total. The van der Waals surface area contributed by atoms with Gasteiger partial charge in [-0.15, -0.1) is 11.8 Å². The average Bonchev–Trinajstić information content (AvgIpc) is 2.92. The molecule has 0 aliphatic rings. The van der Waals surface area contributed by atoms with Crippen LogP contribution in [0, 0.1) is 0 Å². The summed E-state index contributed by atoms with van der Waals surface area (Å²) >= 11 is 1.22. The van der Waals surface area contributed by atoms with Crippen molar-refractivity contribution < 1.29 is 27.5 Å². The Morgan fingerprint density at radius 2 is 1.47 bits per heavy atom. The third-order valence-corrected chi connectivity index (χ3v) is 6.72. The summed E-state index contributed by atoms with van der Waals surface area (Å²) < 4.78 is 44.6. The molecule has 0 spiro atoms. The van der Waals surface area contributed by atoms with Crippen LogP contribution in [0.1, 0.15) is 26.7 Å². The lowest BCUT2D eigenvalue weighted by molar-refractivity contribution is -0.137. The Kier molecular flexibility index (Phi) is 8.38. The predicted molar refractivity (Wildman–Crippen MR) is 143 cm³/mol. The maximum absolute atomic E-state index is 13.3. The van der Waals surface area contributed by atoms with Crippen LogP contribution < -0.4 is 15.4 Å². The van der Waals surface area contributed by atoms with Crippen molar-refractivity contribution in [2.75, 3.05) is 17.7 Å². The molecule has 5 nitrogen and oxygen atoms in total. The van der Waals surface area contributed by atoms with Gasteiger partial charge in [0, 0.05) is 21.8 Å². The molecule has 9 heteroatoms. The number of rotatable bonds is 8. The minimum atomic E-state index is -4.52. The molecule has 4 rings (SSSR count). The van der Waals surface area contributed by atoms with Crippen LogP contribution in [0.4, 0.5) is 24.5 Å². The number of amides is 2. The standard InChI is InChI=1S/C29H23F3N2O3S/c1-37-24-14-5-10-20(16-24)27(35)33-23-13-7-15-25(18-23)38-26(19-8-3-2-4-9-19)28(36)34-22-12-6-11-21(17-22)29(30,31)32/h2-18,26H,1H3,(H,33,35)(H,34,36). The smallest absolute Gasteiger partial charge is 0.416 e. The molecule has 0 fully saturated rings. The average molecular weight is 537 g/mol. The number of benzene rings is 4. The van der Waals surface area contributed by atoms with Crippen LogP contribution >= 0.6 is 11.8 Å². The van der Waals surface area contributed by atoms with E-state index in [4.69, 9.17) is 4.74 Å². The maximum atomic E-state index is 13.3. The van der Waals surface area contributed by atoms with Gasteiger partial charge in [-0.1, -0.05) is 48.5 Å². The van der Waals surface area contributed by atoms with Gasteiger partial charge in [-0.05, 0) is 60.2 Å². The zero-order valence-electron chi connectivity index (χ0n) is 20.2. The highest BCUT2D eigenvalue weighted by Gasteiger charge is 2.31. The van der Waals surface area contributed by atoms with Gasteiger partial charge in [0.25, 0.3) is 5.91 Å². The van der Waals surface area contributed by atoms with Crippen LogP contribution in [0.15, 0.2) is 108 Å². The van der Waals surface area contributed by atoms with Crippen LogP contribution in [0.2, 0.25) is 0 Å². The number of carbonyl (C=O) groups is 2. The van der Waals surface area contributed by atoms with Crippen molar-refractivity contribution in [3.8, 4) is 5.75 Å². The van der Waals surface area contributed by atoms with E-state index in [-0.39, 0.29) is 11.6 Å². The second-order valence-electron chi connectivity index (χ2n) is 8.19. The molecule has 0 radical (unpaired) electrons. The molecule has 1 atom stereocenters. The third-order valence-electron chi connectivity index (χ3n) is 5.48. The summed E-state index contributed by atoms with van der Waals surface area (Å²) in [6, 6.07) is 27.2. The first-order valence-electron chi connectivity index (χ1n) is 11.5. The topological polar surface area (TPSA) is 67.4 Å². The summed E-state index contributed by atoms with van der Waals surface area (Å²) in [5, 5.41) is 4.68. The Morgan fingerprint density at radius 3 is 2.18 bits per heavy atom. The Hall–Kier alpha value is -4.24. The number of hydrogen-bond acceptors (Lipinski definition) is 4. The zero-order chi connectivity index (χ0) is 27.1. The fourth-order valence-electron chi connectivity index (χ4n) is 3.63. The molecule has 0 heterocycles. The Bertz CT molecular complexity index is 1430. The van der Waals surface area contributed by atoms with Crippen LogP contribution in [0.5, 0.6) is 5.75 Å². The monoisotopic (exact) mass is 536 g/mol. The molecular formula is C29H23F3N2O3S. The van der Waals surface area contributed by atoms with Crippen LogP contribution in [-0.4, -0.2) is 18.9 Å². The van der Waals surface area contributed by atoms with E-state index in [2.05, 4.69) is 10.6 Å². The van der Waals surface area contributed by atoms with E-state index in [0.29, 0.717) is 27.5 Å². The van der Waals surface area contributed by atoms with Crippen molar-refractivity contribution in [2.24, 2.45) is 0 Å². The first kappa shape index (κ1) is 26.8. The minimum Gasteiger partial charge on any atom is -0.497 e. The number of alkyl halides is 3. The molecule has 0 saturated carbocycles. The fraction of sp³-hybridized carbons (Fsp3) is 0.103. The molecule has 0 bridgehead atoms. The van der Waals surface area contributed by atoms with Gasteiger partial charge in [0.1, 0.15) is 11.0 Å². The lowest BCUT2D eigenvalue weighted by Crippen LogP contribution is -2.19. The third kappa shape index (κ3) is 6.95. The number of hydrogen-bond donors (Lipinski definition) is 2. The summed E-state index contributed by atoms with van der Waals surface area (Å²) in [4.78, 5) is 26.7. The lowest BCUT2D eigenvalue weighted by atomic mass is 10.1. The van der Waals surface area contributed by atoms with E-state index in [1.165, 1.54) is 31.0 Å². The number of anilines is 2. The molecule has 0 aliphatic carbocycles. The Balaban J connectivity index is 1.54. The highest BCUT2D eigenvalue weighted by atomic mass is 32.2. The highest BCUT2D eigenvalue weighted by Crippen LogP contribution is 2.38. The predicted octanol–water partition coefficient (Wildman–Crippen LogP) is 7.44. The van der Waals surface area contributed by atoms with E-state index in [0.717, 1.165) is 12.1 Å². The van der Waals surface area contributed by atoms with E-state index < -0.39 is 22.9 Å². The number of ether oxygens (including phenoxy) is 1. The lowest BCUT2D eigenvalue weighted by Gasteiger charge is -2.18. The van der Waals surface area contributed by atoms with Crippen LogP contribution in [0.3, 0.4) is 0 Å². The Morgan fingerprint density at radius 1 is 0.789 bits per heavy atom. The van der Waals surface area contributed by atoms with Crippen LogP contribution in [-0.2, 0) is 11.0 Å². The van der Waals surface area contributed by atoms with Gasteiger partial charge < -0.3 is 15.4 Å². The van der Waals surface area contributed by atoms with Crippen molar-refractivity contribution in [2.45, 2.75) is 16.3 Å².